The van der Waals surface area contributed by atoms with Gasteiger partial charge in [-0.2, -0.15) is 0 Å². The summed E-state index contributed by atoms with van der Waals surface area (Å²) in [6.07, 6.45) is 5.51. The average Bonchev–Trinajstić information content (AvgIpc) is 2.98. The Balaban J connectivity index is 0.00000300. The van der Waals surface area contributed by atoms with Crippen LogP contribution in [0, 0.1) is 11.8 Å². The van der Waals surface area contributed by atoms with Crippen molar-refractivity contribution in [1.29, 1.82) is 0 Å². The van der Waals surface area contributed by atoms with Gasteiger partial charge in [-0.3, -0.25) is 15.1 Å². The quantitative estimate of drug-likeness (QED) is 0.222. The number of nitrogens with one attached hydrogen (secondary N) is 3. The summed E-state index contributed by atoms with van der Waals surface area (Å²) in [5.74, 6) is 1.71. The number of amides is 3. The van der Waals surface area contributed by atoms with E-state index >= 15 is 0 Å². The van der Waals surface area contributed by atoms with Gasteiger partial charge >= 0.3 is 6.03 Å². The van der Waals surface area contributed by atoms with Crippen molar-refractivity contribution >= 4 is 41.9 Å². The SMILES string of the molecule is CCN1CCC(CCNC(=NC)N2CCC(C3(C)NC(=O)NC3=O)CC2)CC1.I. The van der Waals surface area contributed by atoms with E-state index in [0.29, 0.717) is 0 Å². The van der Waals surface area contributed by atoms with Gasteiger partial charge < -0.3 is 20.4 Å². The standard InChI is InChI=1S/C20H36N6O2.HI/c1-4-25-11-6-15(7-12-25)5-10-22-18(21-3)26-13-8-16(9-14-26)20(2)17(27)23-19(28)24-20;/h15-16H,4-14H2,1-3H3,(H,21,22)(H2,23,24,27,28);1H. The third kappa shape index (κ3) is 5.74. The number of halogens is 1. The molecule has 3 N–H and O–H groups in total. The number of piperidine rings is 2. The molecular formula is C20H37IN6O2. The van der Waals surface area contributed by atoms with Crippen LogP contribution >= 0.6 is 24.0 Å². The number of urea groups is 1. The van der Waals surface area contributed by atoms with Gasteiger partial charge in [0.2, 0.25) is 0 Å². The smallest absolute Gasteiger partial charge is 0.322 e. The van der Waals surface area contributed by atoms with Crippen LogP contribution in [0.25, 0.3) is 0 Å². The van der Waals surface area contributed by atoms with Gasteiger partial charge in [-0.15, -0.1) is 24.0 Å². The van der Waals surface area contributed by atoms with E-state index in [1.54, 1.807) is 0 Å². The number of imide groups is 1. The first-order chi connectivity index (χ1) is 13.5. The van der Waals surface area contributed by atoms with Gasteiger partial charge in [-0.05, 0) is 70.5 Å². The lowest BCUT2D eigenvalue weighted by atomic mass is 9.79. The van der Waals surface area contributed by atoms with Gasteiger partial charge in [-0.1, -0.05) is 6.92 Å². The molecule has 3 saturated heterocycles. The molecule has 0 aromatic carbocycles. The van der Waals surface area contributed by atoms with E-state index in [4.69, 9.17) is 0 Å². The molecule has 3 aliphatic rings. The molecule has 0 radical (unpaired) electrons. The van der Waals surface area contributed by atoms with Crippen molar-refractivity contribution in [2.75, 3.05) is 46.3 Å². The van der Waals surface area contributed by atoms with Crippen molar-refractivity contribution in [3.05, 3.63) is 0 Å². The molecule has 8 nitrogen and oxygen atoms in total. The number of hydrogen-bond donors (Lipinski definition) is 3. The molecule has 0 aromatic heterocycles. The molecule has 1 unspecified atom stereocenters. The Kier molecular flexibility index (Phi) is 8.99. The van der Waals surface area contributed by atoms with Crippen molar-refractivity contribution in [3.63, 3.8) is 0 Å². The van der Waals surface area contributed by atoms with Crippen molar-refractivity contribution in [1.82, 2.24) is 25.8 Å². The topological polar surface area (TPSA) is 89.1 Å². The summed E-state index contributed by atoms with van der Waals surface area (Å²) in [4.78, 5) is 33.0. The van der Waals surface area contributed by atoms with Crippen LogP contribution in [0.5, 0.6) is 0 Å². The predicted molar refractivity (Wildman–Crippen MR) is 126 cm³/mol. The maximum absolute atomic E-state index is 12.2. The van der Waals surface area contributed by atoms with E-state index in [-0.39, 0.29) is 41.8 Å². The Morgan fingerprint density at radius 2 is 1.83 bits per heavy atom. The number of nitrogens with zero attached hydrogens (tertiary/aromatic N) is 3. The maximum Gasteiger partial charge on any atom is 0.322 e. The molecule has 3 fully saturated rings. The minimum atomic E-state index is -0.784. The molecule has 0 bridgehead atoms. The zero-order valence-corrected chi connectivity index (χ0v) is 20.3. The van der Waals surface area contributed by atoms with Gasteiger partial charge in [0.1, 0.15) is 5.54 Å². The van der Waals surface area contributed by atoms with E-state index < -0.39 is 5.54 Å². The third-order valence-corrected chi connectivity index (χ3v) is 6.88. The van der Waals surface area contributed by atoms with Gasteiger partial charge in [0.05, 0.1) is 0 Å². The Labute approximate surface area is 191 Å². The number of carbonyl (C=O) groups is 2. The molecule has 0 saturated carbocycles. The van der Waals surface area contributed by atoms with Gasteiger partial charge in [0, 0.05) is 26.7 Å². The fourth-order valence-corrected chi connectivity index (χ4v) is 4.82. The lowest BCUT2D eigenvalue weighted by Gasteiger charge is -2.39. The summed E-state index contributed by atoms with van der Waals surface area (Å²) < 4.78 is 0. The molecule has 29 heavy (non-hydrogen) atoms. The first kappa shape index (κ1) is 24.2. The first-order valence-electron chi connectivity index (χ1n) is 10.8. The number of rotatable bonds is 5. The molecule has 3 rings (SSSR count). The Bertz CT molecular complexity index is 600. The van der Waals surface area contributed by atoms with Crippen LogP contribution in [-0.2, 0) is 4.79 Å². The van der Waals surface area contributed by atoms with Gasteiger partial charge in [0.25, 0.3) is 5.91 Å². The van der Waals surface area contributed by atoms with Crippen LogP contribution in [0.2, 0.25) is 0 Å². The first-order valence-corrected chi connectivity index (χ1v) is 10.8. The molecule has 0 aliphatic carbocycles. The summed E-state index contributed by atoms with van der Waals surface area (Å²) in [6, 6.07) is -0.378. The molecule has 1 atom stereocenters. The number of carbonyl (C=O) groups excluding carboxylic acids is 2. The number of guanidine groups is 1. The molecular weight excluding hydrogens is 483 g/mol. The van der Waals surface area contributed by atoms with Gasteiger partial charge in [0.15, 0.2) is 5.96 Å². The maximum atomic E-state index is 12.2. The molecule has 166 valence electrons. The largest absolute Gasteiger partial charge is 0.356 e. The molecule has 3 amide bonds. The second-order valence-electron chi connectivity index (χ2n) is 8.51. The Morgan fingerprint density at radius 1 is 1.17 bits per heavy atom. The molecule has 9 heteroatoms. The third-order valence-electron chi connectivity index (χ3n) is 6.88. The second kappa shape index (κ2) is 10.8. The van der Waals surface area contributed by atoms with Crippen LogP contribution in [0.4, 0.5) is 4.79 Å². The number of hydrogen-bond acceptors (Lipinski definition) is 4. The summed E-state index contributed by atoms with van der Waals surface area (Å²) in [7, 11) is 1.83. The number of aliphatic imine (C=N–C) groups is 1. The number of likely N-dealkylation sites (tertiary alicyclic amines) is 2. The van der Waals surface area contributed by atoms with Crippen LogP contribution in [0.15, 0.2) is 4.99 Å². The minimum Gasteiger partial charge on any atom is -0.356 e. The average molecular weight is 520 g/mol. The molecule has 0 aromatic rings. The Morgan fingerprint density at radius 3 is 2.34 bits per heavy atom. The van der Waals surface area contributed by atoms with Crippen LogP contribution < -0.4 is 16.0 Å². The van der Waals surface area contributed by atoms with E-state index in [1.807, 2.05) is 14.0 Å². The van der Waals surface area contributed by atoms with Crippen molar-refractivity contribution < 1.29 is 9.59 Å². The van der Waals surface area contributed by atoms with E-state index in [0.717, 1.165) is 50.9 Å². The summed E-state index contributed by atoms with van der Waals surface area (Å²) in [6.45, 7) is 10.3. The highest BCUT2D eigenvalue weighted by Gasteiger charge is 2.48. The fraction of sp³-hybridized carbons (Fsp3) is 0.850. The second-order valence-corrected chi connectivity index (χ2v) is 8.51. The van der Waals surface area contributed by atoms with Crippen LogP contribution in [-0.4, -0.2) is 79.6 Å². The van der Waals surface area contributed by atoms with E-state index in [2.05, 4.69) is 37.7 Å². The zero-order chi connectivity index (χ0) is 20.1. The monoisotopic (exact) mass is 520 g/mol. The Hall–Kier alpha value is -1.10. The zero-order valence-electron chi connectivity index (χ0n) is 18.0. The van der Waals surface area contributed by atoms with Crippen LogP contribution in [0.3, 0.4) is 0 Å². The highest BCUT2D eigenvalue weighted by Crippen LogP contribution is 2.30. The molecule has 3 aliphatic heterocycles. The normalized spacial score (nSPS) is 27.4. The van der Waals surface area contributed by atoms with E-state index in [9.17, 15) is 9.59 Å². The predicted octanol–water partition coefficient (Wildman–Crippen LogP) is 1.61. The van der Waals surface area contributed by atoms with E-state index in [1.165, 1.54) is 32.4 Å². The summed E-state index contributed by atoms with van der Waals surface area (Å²) >= 11 is 0. The van der Waals surface area contributed by atoms with Gasteiger partial charge in [-0.25, -0.2) is 4.79 Å². The van der Waals surface area contributed by atoms with Crippen molar-refractivity contribution in [2.45, 2.75) is 51.5 Å². The fourth-order valence-electron chi connectivity index (χ4n) is 4.82. The highest BCUT2D eigenvalue weighted by atomic mass is 127. The minimum absolute atomic E-state index is 0. The van der Waals surface area contributed by atoms with Crippen LogP contribution in [0.1, 0.15) is 46.0 Å². The van der Waals surface area contributed by atoms with Crippen molar-refractivity contribution in [2.24, 2.45) is 16.8 Å². The summed E-state index contributed by atoms with van der Waals surface area (Å²) in [5, 5.41) is 8.73. The molecule has 3 heterocycles. The molecule has 0 spiro atoms. The lowest BCUT2D eigenvalue weighted by molar-refractivity contribution is -0.125. The lowest BCUT2D eigenvalue weighted by Crippen LogP contribution is -2.55. The summed E-state index contributed by atoms with van der Waals surface area (Å²) in [5.41, 5.74) is -0.784. The highest BCUT2D eigenvalue weighted by molar-refractivity contribution is 14.0. The van der Waals surface area contributed by atoms with Crippen molar-refractivity contribution in [3.8, 4) is 0 Å².